The summed E-state index contributed by atoms with van der Waals surface area (Å²) in [5, 5.41) is 0. The van der Waals surface area contributed by atoms with Crippen molar-refractivity contribution < 1.29 is 42.9 Å². The molecule has 0 aromatic rings. The van der Waals surface area contributed by atoms with Crippen molar-refractivity contribution in [2.75, 3.05) is 6.61 Å². The lowest BCUT2D eigenvalue weighted by Crippen LogP contribution is -2.55. The Morgan fingerprint density at radius 1 is 1.17 bits per heavy atom. The van der Waals surface area contributed by atoms with E-state index in [1.54, 1.807) is 39.8 Å². The van der Waals surface area contributed by atoms with Gasteiger partial charge in [0.05, 0.1) is 16.9 Å². The number of allylic oxidation sites excluding steroid dienone is 3. The number of ketones is 1. The number of hydrogen-bond acceptors (Lipinski definition) is 9. The molecule has 0 spiro atoms. The van der Waals surface area contributed by atoms with Crippen molar-refractivity contribution in [2.24, 2.45) is 23.2 Å². The Hall–Kier alpha value is -3.49. The largest absolute Gasteiger partial charge is 0.461 e. The number of hydrogen-bond donors (Lipinski definition) is 0. The number of rotatable bonds is 6. The van der Waals surface area contributed by atoms with Crippen LogP contribution in [0, 0.1) is 23.2 Å². The highest BCUT2D eigenvalue weighted by Gasteiger charge is 2.65. The molecular formula is C26H30O9. The van der Waals surface area contributed by atoms with Crippen LogP contribution in [0.2, 0.25) is 0 Å². The van der Waals surface area contributed by atoms with Gasteiger partial charge in [0.15, 0.2) is 5.78 Å². The van der Waals surface area contributed by atoms with Crippen LogP contribution in [0.1, 0.15) is 34.6 Å². The van der Waals surface area contributed by atoms with Crippen molar-refractivity contribution in [1.29, 1.82) is 0 Å². The van der Waals surface area contributed by atoms with Crippen molar-refractivity contribution in [3.63, 3.8) is 0 Å². The molecule has 1 saturated heterocycles. The van der Waals surface area contributed by atoms with Crippen LogP contribution in [0.4, 0.5) is 0 Å². The highest BCUT2D eigenvalue weighted by molar-refractivity contribution is 6.00. The molecule has 0 aromatic carbocycles. The third-order valence-electron chi connectivity index (χ3n) is 7.24. The third-order valence-corrected chi connectivity index (χ3v) is 7.24. The molecule has 188 valence electrons. The summed E-state index contributed by atoms with van der Waals surface area (Å²) in [6, 6.07) is 0. The van der Waals surface area contributed by atoms with E-state index in [-0.39, 0.29) is 16.9 Å². The molecule has 0 amide bonds. The number of carbonyl (C=O) groups is 5. The van der Waals surface area contributed by atoms with Crippen LogP contribution >= 0.6 is 0 Å². The summed E-state index contributed by atoms with van der Waals surface area (Å²) < 4.78 is 22.1. The van der Waals surface area contributed by atoms with Crippen molar-refractivity contribution in [3.05, 3.63) is 48.1 Å². The van der Waals surface area contributed by atoms with Crippen LogP contribution in [-0.4, -0.2) is 54.6 Å². The molecule has 0 aromatic heterocycles. The molecule has 9 nitrogen and oxygen atoms in total. The Bertz CT molecular complexity index is 1060. The Morgan fingerprint density at radius 3 is 2.43 bits per heavy atom. The fraction of sp³-hybridized carbons (Fsp3) is 0.500. The van der Waals surface area contributed by atoms with Gasteiger partial charge in [0, 0.05) is 24.0 Å². The molecule has 1 saturated carbocycles. The smallest absolute Gasteiger partial charge is 0.337 e. The summed E-state index contributed by atoms with van der Waals surface area (Å²) in [6.45, 7) is 14.9. The fourth-order valence-corrected chi connectivity index (χ4v) is 5.05. The van der Waals surface area contributed by atoms with Crippen LogP contribution in [0.25, 0.3) is 0 Å². The molecule has 1 aliphatic heterocycles. The van der Waals surface area contributed by atoms with Crippen molar-refractivity contribution in [3.8, 4) is 0 Å². The molecule has 1 heterocycles. The molecule has 35 heavy (non-hydrogen) atoms. The van der Waals surface area contributed by atoms with Gasteiger partial charge in [-0.05, 0) is 32.8 Å². The minimum atomic E-state index is -1.30. The second-order valence-electron chi connectivity index (χ2n) is 9.36. The van der Waals surface area contributed by atoms with Gasteiger partial charge < -0.3 is 18.9 Å². The number of esters is 4. The Balaban J connectivity index is 2.10. The van der Waals surface area contributed by atoms with Crippen molar-refractivity contribution in [2.45, 2.75) is 52.9 Å². The first-order valence-electron chi connectivity index (χ1n) is 11.3. The van der Waals surface area contributed by atoms with Crippen LogP contribution < -0.4 is 0 Å². The van der Waals surface area contributed by atoms with Gasteiger partial charge in [-0.3, -0.25) is 9.59 Å². The zero-order valence-electron chi connectivity index (χ0n) is 20.5. The lowest BCUT2D eigenvalue weighted by Gasteiger charge is -2.42. The first-order valence-corrected chi connectivity index (χ1v) is 11.3. The summed E-state index contributed by atoms with van der Waals surface area (Å²) in [6.07, 6.45) is 1.51. The van der Waals surface area contributed by atoms with E-state index < -0.39 is 72.0 Å². The maximum Gasteiger partial charge on any atom is 0.337 e. The topological polar surface area (TPSA) is 122 Å². The second kappa shape index (κ2) is 9.64. The fourth-order valence-electron chi connectivity index (χ4n) is 5.05. The van der Waals surface area contributed by atoms with E-state index in [0.717, 1.165) is 0 Å². The summed E-state index contributed by atoms with van der Waals surface area (Å²) in [5.41, 5.74) is -1.19. The van der Waals surface area contributed by atoms with Crippen LogP contribution in [0.3, 0.4) is 0 Å². The molecule has 0 N–H and O–H groups in total. The summed E-state index contributed by atoms with van der Waals surface area (Å²) in [4.78, 5) is 62.9. The maximum atomic E-state index is 13.2. The number of carbonyl (C=O) groups excluding carboxylic acids is 5. The van der Waals surface area contributed by atoms with Crippen molar-refractivity contribution in [1.82, 2.24) is 0 Å². The van der Waals surface area contributed by atoms with Gasteiger partial charge >= 0.3 is 23.9 Å². The van der Waals surface area contributed by atoms with Gasteiger partial charge in [-0.15, -0.1) is 0 Å². The quantitative estimate of drug-likeness (QED) is 0.316. The van der Waals surface area contributed by atoms with E-state index in [2.05, 4.69) is 13.2 Å². The minimum absolute atomic E-state index is 0.0747. The zero-order chi connectivity index (χ0) is 26.2. The average molecular weight is 487 g/mol. The van der Waals surface area contributed by atoms with Gasteiger partial charge in [0.25, 0.3) is 0 Å². The first kappa shape index (κ1) is 26.1. The second-order valence-corrected chi connectivity index (χ2v) is 9.36. The predicted octanol–water partition coefficient (Wildman–Crippen LogP) is 2.40. The Morgan fingerprint density at radius 2 is 1.83 bits per heavy atom. The molecule has 2 aliphatic carbocycles. The molecule has 7 unspecified atom stereocenters. The minimum Gasteiger partial charge on any atom is -0.461 e. The number of ether oxygens (including phenoxy) is 4. The average Bonchev–Trinajstić information content (AvgIpc) is 3.09. The predicted molar refractivity (Wildman–Crippen MR) is 122 cm³/mol. The molecule has 3 aliphatic rings. The van der Waals surface area contributed by atoms with Gasteiger partial charge in [-0.25, -0.2) is 14.4 Å². The molecule has 9 heteroatoms. The highest BCUT2D eigenvalue weighted by Crippen LogP contribution is 2.55. The Labute approximate surface area is 203 Å². The normalized spacial score (nSPS) is 33.9. The standard InChI is InChI=1S/C26H30O9/c1-8-12(2)23(29)34-21-19-15(5)25(31)33-20(21)14(4)17-9-10-18(28)26(17,7)22(19)35-24(30)13(3)11-32-16(6)27/h8-10,14,17,19-22H,3,5,11H2,1-2,4,6-7H3. The molecular weight excluding hydrogens is 456 g/mol. The zero-order valence-corrected chi connectivity index (χ0v) is 20.5. The SMILES string of the molecule is C=C(COC(C)=O)C(=O)OC1C2C(=C)C(=O)OC(C(C)C3C=CC(=O)C31C)C2OC(=O)C(C)=CC. The lowest BCUT2D eigenvalue weighted by molar-refractivity contribution is -0.187. The molecule has 3 rings (SSSR count). The maximum absolute atomic E-state index is 13.2. The third kappa shape index (κ3) is 4.47. The summed E-state index contributed by atoms with van der Waals surface area (Å²) in [7, 11) is 0. The summed E-state index contributed by atoms with van der Waals surface area (Å²) in [5.74, 6) is -5.19. The van der Waals surface area contributed by atoms with Crippen LogP contribution in [-0.2, 0) is 42.9 Å². The van der Waals surface area contributed by atoms with E-state index in [1.807, 2.05) is 0 Å². The van der Waals surface area contributed by atoms with Gasteiger partial charge in [0.1, 0.15) is 24.9 Å². The van der Waals surface area contributed by atoms with Gasteiger partial charge in [-0.2, -0.15) is 0 Å². The monoisotopic (exact) mass is 486 g/mol. The van der Waals surface area contributed by atoms with E-state index in [1.165, 1.54) is 13.0 Å². The lowest BCUT2D eigenvalue weighted by atomic mass is 9.67. The molecule has 0 radical (unpaired) electrons. The van der Waals surface area contributed by atoms with Gasteiger partial charge in [-0.1, -0.05) is 32.2 Å². The molecule has 7 atom stereocenters. The molecule has 2 bridgehead atoms. The Kier molecular flexibility index (Phi) is 7.19. The molecule has 2 fully saturated rings. The number of fused-ring (bicyclic) bond motifs is 3. The van der Waals surface area contributed by atoms with Crippen molar-refractivity contribution >= 4 is 29.7 Å². The van der Waals surface area contributed by atoms with Gasteiger partial charge in [0.2, 0.25) is 0 Å². The van der Waals surface area contributed by atoms with E-state index >= 15 is 0 Å². The van der Waals surface area contributed by atoms with E-state index in [9.17, 15) is 24.0 Å². The first-order chi connectivity index (χ1) is 16.3. The van der Waals surface area contributed by atoms with E-state index in [0.29, 0.717) is 5.57 Å². The van der Waals surface area contributed by atoms with Crippen LogP contribution in [0.15, 0.2) is 48.1 Å². The highest BCUT2D eigenvalue weighted by atomic mass is 16.6. The van der Waals surface area contributed by atoms with Crippen LogP contribution in [0.5, 0.6) is 0 Å². The van der Waals surface area contributed by atoms with E-state index in [4.69, 9.17) is 18.9 Å². The summed E-state index contributed by atoms with van der Waals surface area (Å²) >= 11 is 0.